The molecule has 0 spiro atoms. The lowest BCUT2D eigenvalue weighted by Crippen LogP contribution is -2.26. The van der Waals surface area contributed by atoms with Gasteiger partial charge in [-0.1, -0.05) is 37.3 Å². The van der Waals surface area contributed by atoms with Crippen molar-refractivity contribution in [2.24, 2.45) is 11.8 Å². The molecule has 0 aliphatic heterocycles. The Morgan fingerprint density at radius 3 is 2.62 bits per heavy atom. The zero-order chi connectivity index (χ0) is 11.4. The zero-order valence-electron chi connectivity index (χ0n) is 9.89. The van der Waals surface area contributed by atoms with Gasteiger partial charge in [-0.05, 0) is 30.2 Å². The summed E-state index contributed by atoms with van der Waals surface area (Å²) in [6.07, 6.45) is 2.31. The van der Waals surface area contributed by atoms with E-state index in [1.54, 1.807) is 0 Å². The Labute approximate surface area is 97.7 Å². The van der Waals surface area contributed by atoms with Gasteiger partial charge >= 0.3 is 0 Å². The molecule has 0 radical (unpaired) electrons. The van der Waals surface area contributed by atoms with Crippen molar-refractivity contribution in [1.82, 2.24) is 5.32 Å². The highest BCUT2D eigenvalue weighted by Gasteiger charge is 2.30. The third kappa shape index (κ3) is 2.83. The quantitative estimate of drug-likeness (QED) is 0.813. The molecule has 1 unspecified atom stereocenters. The van der Waals surface area contributed by atoms with Gasteiger partial charge in [0.25, 0.3) is 0 Å². The van der Waals surface area contributed by atoms with Gasteiger partial charge in [-0.15, -0.1) is 0 Å². The smallest absolute Gasteiger partial charge is 0.0462 e. The lowest BCUT2D eigenvalue weighted by Gasteiger charge is -2.12. The van der Waals surface area contributed by atoms with Crippen LogP contribution in [0.1, 0.15) is 25.3 Å². The molecule has 2 nitrogen and oxygen atoms in total. The molecule has 2 heteroatoms. The molecule has 0 heterocycles. The van der Waals surface area contributed by atoms with Crippen LogP contribution in [0.25, 0.3) is 0 Å². The van der Waals surface area contributed by atoms with E-state index in [-0.39, 0.29) is 0 Å². The van der Waals surface area contributed by atoms with Gasteiger partial charge in [-0.25, -0.2) is 0 Å². The Kier molecular flexibility index (Phi) is 3.97. The third-order valence-electron chi connectivity index (χ3n) is 3.72. The van der Waals surface area contributed by atoms with E-state index < -0.39 is 0 Å². The van der Waals surface area contributed by atoms with Crippen molar-refractivity contribution in [2.75, 3.05) is 6.61 Å². The summed E-state index contributed by atoms with van der Waals surface area (Å²) in [5.74, 6) is 1.14. The van der Waals surface area contributed by atoms with Crippen LogP contribution in [-0.4, -0.2) is 17.8 Å². The number of rotatable bonds is 4. The minimum Gasteiger partial charge on any atom is -0.396 e. The van der Waals surface area contributed by atoms with Crippen LogP contribution in [0.2, 0.25) is 0 Å². The average Bonchev–Trinajstić information content (AvgIpc) is 2.69. The molecule has 1 aliphatic carbocycles. The summed E-state index contributed by atoms with van der Waals surface area (Å²) in [5, 5.41) is 12.8. The van der Waals surface area contributed by atoms with Crippen molar-refractivity contribution >= 4 is 0 Å². The molecule has 1 aromatic rings. The summed E-state index contributed by atoms with van der Waals surface area (Å²) in [7, 11) is 0. The van der Waals surface area contributed by atoms with E-state index in [4.69, 9.17) is 0 Å². The van der Waals surface area contributed by atoms with E-state index in [0.717, 1.165) is 13.0 Å². The van der Waals surface area contributed by atoms with E-state index in [1.807, 2.05) is 6.07 Å². The highest BCUT2D eigenvalue weighted by Crippen LogP contribution is 2.31. The lowest BCUT2D eigenvalue weighted by atomic mass is 10.00. The minimum absolute atomic E-state index is 0.338. The van der Waals surface area contributed by atoms with Crippen molar-refractivity contribution in [3.8, 4) is 0 Å². The summed E-state index contributed by atoms with van der Waals surface area (Å²) in [5.41, 5.74) is 1.34. The molecule has 1 aromatic carbocycles. The number of aliphatic hydroxyl groups is 1. The summed E-state index contributed by atoms with van der Waals surface area (Å²) < 4.78 is 0. The molecule has 0 saturated heterocycles. The van der Waals surface area contributed by atoms with E-state index in [0.29, 0.717) is 24.5 Å². The van der Waals surface area contributed by atoms with E-state index in [2.05, 4.69) is 36.5 Å². The van der Waals surface area contributed by atoms with Crippen molar-refractivity contribution < 1.29 is 5.11 Å². The highest BCUT2D eigenvalue weighted by molar-refractivity contribution is 5.14. The van der Waals surface area contributed by atoms with Crippen molar-refractivity contribution in [1.29, 1.82) is 0 Å². The number of aliphatic hydroxyl groups excluding tert-OH is 1. The maximum Gasteiger partial charge on any atom is 0.0462 e. The second kappa shape index (κ2) is 5.46. The van der Waals surface area contributed by atoms with Gasteiger partial charge in [0.2, 0.25) is 0 Å². The number of hydrogen-bond acceptors (Lipinski definition) is 2. The Morgan fingerprint density at radius 2 is 2.00 bits per heavy atom. The first-order valence-electron chi connectivity index (χ1n) is 6.17. The molecular formula is C14H21NO. The van der Waals surface area contributed by atoms with Crippen LogP contribution in [0.4, 0.5) is 0 Å². The lowest BCUT2D eigenvalue weighted by molar-refractivity contribution is 0.200. The molecule has 0 bridgehead atoms. The Morgan fingerprint density at radius 1 is 1.25 bits per heavy atom. The fraction of sp³-hybridized carbons (Fsp3) is 0.571. The largest absolute Gasteiger partial charge is 0.396 e. The van der Waals surface area contributed by atoms with Crippen molar-refractivity contribution in [3.63, 3.8) is 0 Å². The first kappa shape index (κ1) is 11.6. The molecule has 2 rings (SSSR count). The molecule has 1 fully saturated rings. The predicted octanol–water partition coefficient (Wildman–Crippen LogP) is 2.18. The van der Waals surface area contributed by atoms with E-state index in [1.165, 1.54) is 12.0 Å². The normalized spacial score (nSPS) is 29.5. The van der Waals surface area contributed by atoms with Crippen molar-refractivity contribution in [3.05, 3.63) is 35.9 Å². The van der Waals surface area contributed by atoms with Gasteiger partial charge in [-0.2, -0.15) is 0 Å². The topological polar surface area (TPSA) is 32.3 Å². The van der Waals surface area contributed by atoms with Crippen LogP contribution in [0.3, 0.4) is 0 Å². The van der Waals surface area contributed by atoms with Crippen LogP contribution in [0, 0.1) is 11.8 Å². The molecule has 0 amide bonds. The third-order valence-corrected chi connectivity index (χ3v) is 3.72. The second-order valence-electron chi connectivity index (χ2n) is 4.95. The Hall–Kier alpha value is -0.860. The van der Waals surface area contributed by atoms with E-state index >= 15 is 0 Å². The maximum absolute atomic E-state index is 9.21. The minimum atomic E-state index is 0.338. The summed E-state index contributed by atoms with van der Waals surface area (Å²) in [6, 6.07) is 11.1. The van der Waals surface area contributed by atoms with Crippen LogP contribution >= 0.6 is 0 Å². The van der Waals surface area contributed by atoms with Gasteiger partial charge in [-0.3, -0.25) is 0 Å². The van der Waals surface area contributed by atoms with E-state index in [9.17, 15) is 5.11 Å². The first-order chi connectivity index (χ1) is 7.79. The van der Waals surface area contributed by atoms with Gasteiger partial charge < -0.3 is 10.4 Å². The molecule has 0 aromatic heterocycles. The van der Waals surface area contributed by atoms with Gasteiger partial charge in [0.15, 0.2) is 0 Å². The zero-order valence-corrected chi connectivity index (χ0v) is 9.89. The molecule has 1 aliphatic rings. The van der Waals surface area contributed by atoms with Crippen LogP contribution in [0.5, 0.6) is 0 Å². The van der Waals surface area contributed by atoms with Crippen LogP contribution in [-0.2, 0) is 6.54 Å². The molecular weight excluding hydrogens is 198 g/mol. The average molecular weight is 219 g/mol. The second-order valence-corrected chi connectivity index (χ2v) is 4.95. The fourth-order valence-electron chi connectivity index (χ4n) is 2.61. The number of benzene rings is 1. The van der Waals surface area contributed by atoms with Crippen LogP contribution in [0.15, 0.2) is 30.3 Å². The SMILES string of the molecule is C[C@H]1CC(NCc2ccccc2)C[C@@H]1CO. The standard InChI is InChI=1S/C14H21NO/c1-11-7-14(8-13(11)10-16)15-9-12-5-3-2-4-6-12/h2-6,11,13-16H,7-10H2,1H3/t11-,13+,14?/m0/s1. The van der Waals surface area contributed by atoms with Crippen LogP contribution < -0.4 is 5.32 Å². The summed E-state index contributed by atoms with van der Waals surface area (Å²) in [4.78, 5) is 0. The van der Waals surface area contributed by atoms with Gasteiger partial charge in [0.1, 0.15) is 0 Å². The van der Waals surface area contributed by atoms with Gasteiger partial charge in [0, 0.05) is 19.2 Å². The fourth-order valence-corrected chi connectivity index (χ4v) is 2.61. The monoisotopic (exact) mass is 219 g/mol. The molecule has 1 saturated carbocycles. The summed E-state index contributed by atoms with van der Waals surface area (Å²) in [6.45, 7) is 3.52. The summed E-state index contributed by atoms with van der Waals surface area (Å²) >= 11 is 0. The first-order valence-corrected chi connectivity index (χ1v) is 6.17. The highest BCUT2D eigenvalue weighted by atomic mass is 16.3. The van der Waals surface area contributed by atoms with Gasteiger partial charge in [0.05, 0.1) is 0 Å². The molecule has 88 valence electrons. The molecule has 3 atom stereocenters. The van der Waals surface area contributed by atoms with Crippen molar-refractivity contribution in [2.45, 2.75) is 32.4 Å². The Bertz CT molecular complexity index is 312. The molecule has 2 N–H and O–H groups in total. The number of hydrogen-bond donors (Lipinski definition) is 2. The Balaban J connectivity index is 1.80. The number of nitrogens with one attached hydrogen (secondary N) is 1. The molecule has 16 heavy (non-hydrogen) atoms. The predicted molar refractivity (Wildman–Crippen MR) is 66.0 cm³/mol. The maximum atomic E-state index is 9.21.